The van der Waals surface area contributed by atoms with Gasteiger partial charge in [-0.25, -0.2) is 0 Å². The van der Waals surface area contributed by atoms with Gasteiger partial charge in [-0.15, -0.1) is 0 Å². The molecule has 1 saturated heterocycles. The Bertz CT molecular complexity index is 291. The summed E-state index contributed by atoms with van der Waals surface area (Å²) in [4.78, 5) is 0. The van der Waals surface area contributed by atoms with Crippen molar-refractivity contribution in [3.63, 3.8) is 0 Å². The van der Waals surface area contributed by atoms with Crippen LogP contribution in [0.25, 0.3) is 0 Å². The predicted octanol–water partition coefficient (Wildman–Crippen LogP) is 0.281. The topological polar surface area (TPSA) is 58.9 Å². The van der Waals surface area contributed by atoms with E-state index in [4.69, 9.17) is 9.47 Å². The monoisotopic (exact) mass is 210 g/mol. The molecule has 3 atom stereocenters. The average molecular weight is 210 g/mol. The molecule has 0 spiro atoms. The van der Waals surface area contributed by atoms with E-state index in [1.807, 2.05) is 30.3 Å². The van der Waals surface area contributed by atoms with Crippen molar-refractivity contribution in [1.29, 1.82) is 0 Å². The normalized spacial score (nSPS) is 30.7. The van der Waals surface area contributed by atoms with Gasteiger partial charge in [-0.05, 0) is 5.56 Å². The van der Waals surface area contributed by atoms with Crippen molar-refractivity contribution in [3.8, 4) is 0 Å². The molecule has 1 aliphatic rings. The van der Waals surface area contributed by atoms with Crippen molar-refractivity contribution in [3.05, 3.63) is 35.9 Å². The van der Waals surface area contributed by atoms with Crippen molar-refractivity contribution in [2.75, 3.05) is 6.61 Å². The van der Waals surface area contributed by atoms with Gasteiger partial charge in [0.05, 0.1) is 13.2 Å². The average Bonchev–Trinajstić information content (AvgIpc) is 2.58. The van der Waals surface area contributed by atoms with E-state index in [0.29, 0.717) is 6.61 Å². The molecule has 1 fully saturated rings. The summed E-state index contributed by atoms with van der Waals surface area (Å²) in [6, 6.07) is 9.60. The number of hydrogen-bond donors (Lipinski definition) is 2. The second-order valence-corrected chi connectivity index (χ2v) is 3.55. The number of aliphatic hydroxyl groups is 2. The largest absolute Gasteiger partial charge is 0.388 e. The molecule has 0 saturated carbocycles. The lowest BCUT2D eigenvalue weighted by Gasteiger charge is -2.16. The Morgan fingerprint density at radius 3 is 2.60 bits per heavy atom. The van der Waals surface area contributed by atoms with E-state index < -0.39 is 18.5 Å². The van der Waals surface area contributed by atoms with E-state index in [9.17, 15) is 10.2 Å². The summed E-state index contributed by atoms with van der Waals surface area (Å²) in [6.45, 7) is 0.490. The Kier molecular flexibility index (Phi) is 3.33. The SMILES string of the molecule is OC1OC[C@@H](O)[C@H]1OCc1ccccc1. The first-order chi connectivity index (χ1) is 7.27. The molecular weight excluding hydrogens is 196 g/mol. The van der Waals surface area contributed by atoms with Crippen molar-refractivity contribution in [1.82, 2.24) is 0 Å². The zero-order valence-corrected chi connectivity index (χ0v) is 8.24. The Hall–Kier alpha value is -0.940. The molecule has 4 heteroatoms. The fourth-order valence-corrected chi connectivity index (χ4v) is 1.54. The molecule has 1 aliphatic heterocycles. The maximum absolute atomic E-state index is 9.43. The van der Waals surface area contributed by atoms with Crippen LogP contribution in [0.1, 0.15) is 5.56 Å². The molecule has 2 rings (SSSR count). The van der Waals surface area contributed by atoms with Crippen LogP contribution >= 0.6 is 0 Å². The maximum Gasteiger partial charge on any atom is 0.183 e. The predicted molar refractivity (Wildman–Crippen MR) is 53.0 cm³/mol. The molecule has 15 heavy (non-hydrogen) atoms. The number of ether oxygens (including phenoxy) is 2. The molecule has 1 heterocycles. The van der Waals surface area contributed by atoms with Gasteiger partial charge in [0.2, 0.25) is 0 Å². The number of benzene rings is 1. The van der Waals surface area contributed by atoms with Gasteiger partial charge in [0.25, 0.3) is 0 Å². The van der Waals surface area contributed by atoms with E-state index in [1.54, 1.807) is 0 Å². The van der Waals surface area contributed by atoms with Crippen LogP contribution in [0.4, 0.5) is 0 Å². The van der Waals surface area contributed by atoms with Crippen LogP contribution in [-0.4, -0.2) is 35.3 Å². The van der Waals surface area contributed by atoms with E-state index in [-0.39, 0.29) is 6.61 Å². The van der Waals surface area contributed by atoms with Crippen LogP contribution in [0.3, 0.4) is 0 Å². The summed E-state index contributed by atoms with van der Waals surface area (Å²) in [6.07, 6.45) is -2.42. The van der Waals surface area contributed by atoms with Gasteiger partial charge in [0.15, 0.2) is 6.29 Å². The molecule has 0 bridgehead atoms. The van der Waals surface area contributed by atoms with Crippen molar-refractivity contribution in [2.24, 2.45) is 0 Å². The molecule has 1 aromatic carbocycles. The number of rotatable bonds is 3. The van der Waals surface area contributed by atoms with Gasteiger partial charge >= 0.3 is 0 Å². The molecule has 4 nitrogen and oxygen atoms in total. The Balaban J connectivity index is 1.88. The summed E-state index contributed by atoms with van der Waals surface area (Å²) < 4.78 is 10.2. The maximum atomic E-state index is 9.43. The first-order valence-corrected chi connectivity index (χ1v) is 4.90. The highest BCUT2D eigenvalue weighted by molar-refractivity contribution is 5.13. The van der Waals surface area contributed by atoms with Crippen LogP contribution in [0, 0.1) is 0 Å². The highest BCUT2D eigenvalue weighted by atomic mass is 16.7. The highest BCUT2D eigenvalue weighted by Gasteiger charge is 2.35. The molecule has 0 aliphatic carbocycles. The molecule has 0 amide bonds. The minimum absolute atomic E-state index is 0.126. The van der Waals surface area contributed by atoms with Gasteiger partial charge in [-0.1, -0.05) is 30.3 Å². The van der Waals surface area contributed by atoms with E-state index in [2.05, 4.69) is 0 Å². The van der Waals surface area contributed by atoms with Crippen LogP contribution in [0.2, 0.25) is 0 Å². The van der Waals surface area contributed by atoms with Crippen molar-refractivity contribution in [2.45, 2.75) is 25.1 Å². The smallest absolute Gasteiger partial charge is 0.183 e. The molecule has 1 aromatic rings. The summed E-state index contributed by atoms with van der Waals surface area (Å²) in [5, 5.41) is 18.8. The number of aliphatic hydroxyl groups excluding tert-OH is 2. The lowest BCUT2D eigenvalue weighted by molar-refractivity contribution is -0.138. The summed E-state index contributed by atoms with van der Waals surface area (Å²) in [7, 11) is 0. The standard InChI is InChI=1S/C11H14O4/c12-9-7-15-11(13)10(9)14-6-8-4-2-1-3-5-8/h1-5,9-13H,6-7H2/t9-,10-,11?/m1/s1. The lowest BCUT2D eigenvalue weighted by atomic mass is 10.2. The number of hydrogen-bond acceptors (Lipinski definition) is 4. The lowest BCUT2D eigenvalue weighted by Crippen LogP contribution is -2.32. The molecule has 2 N–H and O–H groups in total. The Morgan fingerprint density at radius 1 is 1.27 bits per heavy atom. The summed E-state index contributed by atoms with van der Waals surface area (Å²) in [5.41, 5.74) is 1.00. The fraction of sp³-hybridized carbons (Fsp3) is 0.455. The molecule has 1 unspecified atom stereocenters. The third-order valence-corrected chi connectivity index (χ3v) is 2.38. The zero-order chi connectivity index (χ0) is 10.7. The van der Waals surface area contributed by atoms with Crippen LogP contribution in [0.5, 0.6) is 0 Å². The summed E-state index contributed by atoms with van der Waals surface area (Å²) >= 11 is 0. The van der Waals surface area contributed by atoms with Crippen LogP contribution in [-0.2, 0) is 16.1 Å². The Labute approximate surface area is 88.1 Å². The third-order valence-electron chi connectivity index (χ3n) is 2.38. The van der Waals surface area contributed by atoms with Gasteiger partial charge in [-0.3, -0.25) is 0 Å². The van der Waals surface area contributed by atoms with E-state index >= 15 is 0 Å². The first-order valence-electron chi connectivity index (χ1n) is 4.90. The second kappa shape index (κ2) is 4.72. The van der Waals surface area contributed by atoms with Gasteiger partial charge in [-0.2, -0.15) is 0 Å². The van der Waals surface area contributed by atoms with Crippen molar-refractivity contribution >= 4 is 0 Å². The zero-order valence-electron chi connectivity index (χ0n) is 8.24. The molecule has 82 valence electrons. The molecule has 0 radical (unpaired) electrons. The van der Waals surface area contributed by atoms with E-state index in [0.717, 1.165) is 5.56 Å². The first kappa shape index (κ1) is 10.6. The minimum atomic E-state index is -1.02. The van der Waals surface area contributed by atoms with E-state index in [1.165, 1.54) is 0 Å². The van der Waals surface area contributed by atoms with Gasteiger partial charge in [0.1, 0.15) is 12.2 Å². The third kappa shape index (κ3) is 2.54. The minimum Gasteiger partial charge on any atom is -0.388 e. The van der Waals surface area contributed by atoms with Gasteiger partial charge < -0.3 is 19.7 Å². The summed E-state index contributed by atoms with van der Waals surface area (Å²) in [5.74, 6) is 0. The Morgan fingerprint density at radius 2 is 2.00 bits per heavy atom. The quantitative estimate of drug-likeness (QED) is 0.752. The van der Waals surface area contributed by atoms with Crippen LogP contribution < -0.4 is 0 Å². The fourth-order valence-electron chi connectivity index (χ4n) is 1.54. The van der Waals surface area contributed by atoms with Crippen LogP contribution in [0.15, 0.2) is 30.3 Å². The molecular formula is C11H14O4. The molecule has 0 aromatic heterocycles. The van der Waals surface area contributed by atoms with Crippen molar-refractivity contribution < 1.29 is 19.7 Å². The second-order valence-electron chi connectivity index (χ2n) is 3.55. The van der Waals surface area contributed by atoms with Gasteiger partial charge in [0, 0.05) is 0 Å². The highest BCUT2D eigenvalue weighted by Crippen LogP contribution is 2.17.